The highest BCUT2D eigenvalue weighted by molar-refractivity contribution is 7.97. The minimum Gasteiger partial charge on any atom is -0.486 e. The van der Waals surface area contributed by atoms with E-state index in [4.69, 9.17) is 37.7 Å². The van der Waals surface area contributed by atoms with Gasteiger partial charge in [-0.2, -0.15) is 13.2 Å². The second kappa shape index (κ2) is 18.4. The average Bonchev–Trinajstić information content (AvgIpc) is 3.07. The molecule has 1 aromatic heterocycles. The molecule has 53 heavy (non-hydrogen) atoms. The largest absolute Gasteiger partial charge is 0.486 e. The molecule has 3 aromatic carbocycles. The van der Waals surface area contributed by atoms with E-state index in [1.54, 1.807) is 13.1 Å². The molecule has 1 N–H and O–H groups in total. The quantitative estimate of drug-likeness (QED) is 0.0822. The number of anilines is 1. The van der Waals surface area contributed by atoms with Gasteiger partial charge >= 0.3 is 11.5 Å². The molecular formula is C41H50Cl2F3N3O3S. The normalized spacial score (nSPS) is 14.5. The summed E-state index contributed by atoms with van der Waals surface area (Å²) < 4.78 is 52.6. The Hall–Kier alpha value is -3.18. The van der Waals surface area contributed by atoms with Crippen molar-refractivity contribution in [1.29, 1.82) is 0 Å². The van der Waals surface area contributed by atoms with Gasteiger partial charge in [0.05, 0.1) is 13.0 Å². The Kier molecular flexibility index (Phi) is 14.8. The third-order valence-corrected chi connectivity index (χ3v) is 10.2. The Morgan fingerprint density at radius 2 is 1.49 bits per heavy atom. The number of pyridine rings is 1. The highest BCUT2D eigenvalue weighted by Gasteiger charge is 2.35. The fraction of sp³-hybridized carbons (Fsp3) is 0.463. The van der Waals surface area contributed by atoms with Gasteiger partial charge in [0.2, 0.25) is 0 Å². The number of halogens is 5. The van der Waals surface area contributed by atoms with Crippen molar-refractivity contribution in [2.24, 2.45) is 5.41 Å². The molecule has 0 spiro atoms. The number of nitrogens with one attached hydrogen (secondary N) is 1. The lowest BCUT2D eigenvalue weighted by atomic mass is 9.79. The molecule has 1 aliphatic rings. The molecule has 0 unspecified atom stereocenters. The molecule has 6 nitrogen and oxygen atoms in total. The summed E-state index contributed by atoms with van der Waals surface area (Å²) in [6, 6.07) is 21.5. The van der Waals surface area contributed by atoms with E-state index in [1.807, 2.05) is 102 Å². The van der Waals surface area contributed by atoms with Crippen LogP contribution in [0.4, 0.5) is 18.9 Å². The fourth-order valence-electron chi connectivity index (χ4n) is 7.11. The zero-order valence-electron chi connectivity index (χ0n) is 31.4. The van der Waals surface area contributed by atoms with E-state index in [0.29, 0.717) is 60.3 Å². The third kappa shape index (κ3) is 12.4. The summed E-state index contributed by atoms with van der Waals surface area (Å²) in [5.41, 5.74) is -1.01. The van der Waals surface area contributed by atoms with Crippen LogP contribution in [0.5, 0.6) is 5.75 Å². The molecule has 0 aliphatic carbocycles. The fourth-order valence-corrected chi connectivity index (χ4v) is 8.05. The van der Waals surface area contributed by atoms with Gasteiger partial charge in [-0.15, -0.1) is 0 Å². The van der Waals surface area contributed by atoms with Crippen molar-refractivity contribution in [3.05, 3.63) is 99.7 Å². The molecular weight excluding hydrogens is 742 g/mol. The summed E-state index contributed by atoms with van der Waals surface area (Å²) >= 11 is 12.6. The van der Waals surface area contributed by atoms with Crippen molar-refractivity contribution >= 4 is 57.7 Å². The number of fused-ring (bicyclic) bond motifs is 1. The van der Waals surface area contributed by atoms with Gasteiger partial charge < -0.3 is 14.8 Å². The second-order valence-corrected chi connectivity index (χ2v) is 16.4. The SMILES string of the molecule is CC.CCOC(=O)CC(C)(C)CC(C)(C)Oc1cc(C(c2ccc(Cl)cc2)c2ccc(Cl)cc2)cc2c(NC3CCN(SC(F)(F)F)CC3)ccnc12. The summed E-state index contributed by atoms with van der Waals surface area (Å²) in [6.07, 6.45) is 3.62. The lowest BCUT2D eigenvalue weighted by Crippen LogP contribution is -2.37. The van der Waals surface area contributed by atoms with Crippen LogP contribution in [-0.2, 0) is 9.53 Å². The lowest BCUT2D eigenvalue weighted by Gasteiger charge is -2.35. The van der Waals surface area contributed by atoms with Crippen LogP contribution in [0.2, 0.25) is 10.0 Å². The van der Waals surface area contributed by atoms with Crippen molar-refractivity contribution in [1.82, 2.24) is 9.29 Å². The number of carbonyl (C=O) groups excluding carboxylic acids is 1. The summed E-state index contributed by atoms with van der Waals surface area (Å²) in [5.74, 6) is 0.0949. The van der Waals surface area contributed by atoms with Crippen molar-refractivity contribution in [2.75, 3.05) is 25.0 Å². The van der Waals surface area contributed by atoms with Gasteiger partial charge in [-0.05, 0) is 105 Å². The van der Waals surface area contributed by atoms with E-state index in [9.17, 15) is 18.0 Å². The molecule has 0 saturated carbocycles. The molecule has 4 aromatic rings. The number of piperidine rings is 1. The molecule has 0 atom stereocenters. The summed E-state index contributed by atoms with van der Waals surface area (Å²) in [5, 5.41) is 5.70. The van der Waals surface area contributed by atoms with E-state index in [1.165, 1.54) is 4.31 Å². The number of aromatic nitrogens is 1. The summed E-state index contributed by atoms with van der Waals surface area (Å²) in [4.78, 5) is 17.2. The maximum absolute atomic E-state index is 13.0. The number of hydrogen-bond donors (Lipinski definition) is 1. The van der Waals surface area contributed by atoms with Crippen LogP contribution < -0.4 is 10.1 Å². The van der Waals surface area contributed by atoms with Crippen LogP contribution in [0, 0.1) is 5.41 Å². The minimum absolute atomic E-state index is 0.0304. The van der Waals surface area contributed by atoms with E-state index in [0.717, 1.165) is 27.8 Å². The monoisotopic (exact) mass is 791 g/mol. The Bertz CT molecular complexity index is 1750. The van der Waals surface area contributed by atoms with E-state index < -0.39 is 16.5 Å². The number of carbonyl (C=O) groups is 1. The molecule has 0 bridgehead atoms. The first-order valence-electron chi connectivity index (χ1n) is 18.1. The van der Waals surface area contributed by atoms with Crippen molar-refractivity contribution in [3.63, 3.8) is 0 Å². The number of nitrogens with zero attached hydrogens (tertiary/aromatic N) is 2. The van der Waals surface area contributed by atoms with Gasteiger partial charge in [0.15, 0.2) is 0 Å². The Labute approximate surface area is 326 Å². The maximum Gasteiger partial charge on any atom is 0.456 e. The number of rotatable bonds is 13. The number of esters is 1. The van der Waals surface area contributed by atoms with Crippen molar-refractivity contribution in [3.8, 4) is 5.75 Å². The Morgan fingerprint density at radius 1 is 0.925 bits per heavy atom. The molecule has 2 heterocycles. The van der Waals surface area contributed by atoms with Crippen LogP contribution in [0.15, 0.2) is 72.9 Å². The maximum atomic E-state index is 13.0. The van der Waals surface area contributed by atoms with E-state index in [-0.39, 0.29) is 36.3 Å². The van der Waals surface area contributed by atoms with E-state index in [2.05, 4.69) is 11.4 Å². The highest BCUT2D eigenvalue weighted by atomic mass is 35.5. The molecule has 288 valence electrons. The van der Waals surface area contributed by atoms with Crippen LogP contribution in [-0.4, -0.2) is 52.1 Å². The Balaban J connectivity index is 0.00000308. The topological polar surface area (TPSA) is 63.7 Å². The number of benzene rings is 3. The average molecular weight is 793 g/mol. The predicted molar refractivity (Wildman–Crippen MR) is 213 cm³/mol. The number of hydrogen-bond acceptors (Lipinski definition) is 7. The molecule has 1 saturated heterocycles. The molecule has 1 fully saturated rings. The van der Waals surface area contributed by atoms with Gasteiger partial charge in [-0.25, -0.2) is 4.31 Å². The second-order valence-electron chi connectivity index (χ2n) is 14.4. The van der Waals surface area contributed by atoms with Gasteiger partial charge in [0.25, 0.3) is 0 Å². The first-order chi connectivity index (χ1) is 25.0. The zero-order chi connectivity index (χ0) is 39.0. The molecule has 12 heteroatoms. The van der Waals surface area contributed by atoms with E-state index >= 15 is 0 Å². The highest BCUT2D eigenvalue weighted by Crippen LogP contribution is 2.43. The zero-order valence-corrected chi connectivity index (χ0v) is 33.8. The summed E-state index contributed by atoms with van der Waals surface area (Å²) in [6.45, 7) is 14.8. The molecule has 5 rings (SSSR count). The first kappa shape index (κ1) is 42.6. The molecule has 0 radical (unpaired) electrons. The lowest BCUT2D eigenvalue weighted by molar-refractivity contribution is -0.146. The number of alkyl halides is 3. The number of ether oxygens (including phenoxy) is 2. The van der Waals surface area contributed by atoms with Gasteiger partial charge in [-0.1, -0.05) is 75.2 Å². The summed E-state index contributed by atoms with van der Waals surface area (Å²) in [7, 11) is 0. The molecule has 0 amide bonds. The van der Waals surface area contributed by atoms with Gasteiger partial charge in [0.1, 0.15) is 16.9 Å². The third-order valence-electron chi connectivity index (χ3n) is 8.84. The van der Waals surface area contributed by atoms with Gasteiger partial charge in [-0.3, -0.25) is 9.78 Å². The van der Waals surface area contributed by atoms with Gasteiger partial charge in [0, 0.05) is 64.3 Å². The Morgan fingerprint density at radius 3 is 2.02 bits per heavy atom. The first-order valence-corrected chi connectivity index (χ1v) is 19.6. The standard InChI is InChI=1S/C39H44Cl2F3N3O3S.C2H6/c1-6-49-34(48)23-37(2,3)24-38(4,5)50-33-22-27(35(25-7-11-28(40)12-8-25)26-9-13-29(41)14-10-26)21-31-32(15-18-45-36(31)33)46-30-16-19-47(20-17-30)51-39(42,43)44;1-2/h7-15,18,21-22,30,35H,6,16-17,19-20,23-24H2,1-5H3,(H,45,46);1-2H3. The van der Waals surface area contributed by atoms with Crippen molar-refractivity contribution in [2.45, 2.75) is 97.2 Å². The van der Waals surface area contributed by atoms with Crippen LogP contribution >= 0.6 is 35.1 Å². The van der Waals surface area contributed by atoms with Crippen LogP contribution in [0.25, 0.3) is 10.9 Å². The smallest absolute Gasteiger partial charge is 0.456 e. The predicted octanol–water partition coefficient (Wildman–Crippen LogP) is 12.3. The molecule has 1 aliphatic heterocycles. The van der Waals surface area contributed by atoms with Crippen LogP contribution in [0.1, 0.15) is 96.8 Å². The van der Waals surface area contributed by atoms with Crippen molar-refractivity contribution < 1.29 is 27.4 Å². The minimum atomic E-state index is -4.30. The van der Waals surface area contributed by atoms with Crippen LogP contribution in [0.3, 0.4) is 0 Å².